The van der Waals surface area contributed by atoms with E-state index in [2.05, 4.69) is 15.5 Å². The Balaban J connectivity index is 1.83. The molecule has 1 heterocycles. The Labute approximate surface area is 157 Å². The molecular formula is C19H21Cl2N3O. The summed E-state index contributed by atoms with van der Waals surface area (Å²) in [6, 6.07) is 5.82. The number of aromatic nitrogens is 2. The molecule has 2 bridgehead atoms. The lowest BCUT2D eigenvalue weighted by Crippen LogP contribution is -2.41. The minimum absolute atomic E-state index is 0.128. The van der Waals surface area contributed by atoms with Crippen LogP contribution in [-0.2, 0) is 5.41 Å². The van der Waals surface area contributed by atoms with Gasteiger partial charge in [0.1, 0.15) is 0 Å². The third-order valence-electron chi connectivity index (χ3n) is 5.37. The number of carbonyl (C=O) groups excluding carboxylic acids is 1. The van der Waals surface area contributed by atoms with Crippen LogP contribution >= 0.6 is 23.2 Å². The van der Waals surface area contributed by atoms with Crippen LogP contribution in [0.4, 0.5) is 0 Å². The highest BCUT2D eigenvalue weighted by atomic mass is 35.5. The van der Waals surface area contributed by atoms with Gasteiger partial charge in [0.05, 0.1) is 10.0 Å². The van der Waals surface area contributed by atoms with Crippen molar-refractivity contribution in [1.82, 2.24) is 15.5 Å². The molecule has 0 radical (unpaired) electrons. The number of nitrogens with one attached hydrogen (secondary N) is 2. The van der Waals surface area contributed by atoms with Gasteiger partial charge >= 0.3 is 0 Å². The van der Waals surface area contributed by atoms with Gasteiger partial charge in [0.25, 0.3) is 5.91 Å². The van der Waals surface area contributed by atoms with E-state index in [4.69, 9.17) is 23.2 Å². The zero-order valence-electron chi connectivity index (χ0n) is 14.5. The van der Waals surface area contributed by atoms with Crippen molar-refractivity contribution in [3.8, 4) is 0 Å². The summed E-state index contributed by atoms with van der Waals surface area (Å²) in [5.41, 5.74) is 3.27. The standard InChI is InChI=1S/C19H21Cl2N3O/c1-18(2,3)22-17(25)16-14-15(23-24-16)10-6-7-19(14,9-10)11-4-5-12(20)13(21)8-11/h4-5,8,10H,6-7,9H2,1-3H3,(H,22,25)(H,23,24). The highest BCUT2D eigenvalue weighted by Crippen LogP contribution is 2.60. The Morgan fingerprint density at radius 2 is 2.08 bits per heavy atom. The number of H-pyrrole nitrogens is 1. The van der Waals surface area contributed by atoms with Crippen LogP contribution in [0.5, 0.6) is 0 Å². The number of amides is 1. The summed E-state index contributed by atoms with van der Waals surface area (Å²) < 4.78 is 0. The fourth-order valence-electron chi connectivity index (χ4n) is 4.42. The van der Waals surface area contributed by atoms with Crippen LogP contribution < -0.4 is 5.32 Å². The predicted octanol–water partition coefficient (Wildman–Crippen LogP) is 4.81. The third-order valence-corrected chi connectivity index (χ3v) is 6.11. The van der Waals surface area contributed by atoms with Gasteiger partial charge in [-0.1, -0.05) is 29.3 Å². The first-order valence-electron chi connectivity index (χ1n) is 8.58. The first-order valence-corrected chi connectivity index (χ1v) is 9.34. The Hall–Kier alpha value is -1.52. The van der Waals surface area contributed by atoms with E-state index in [9.17, 15) is 4.79 Å². The molecule has 132 valence electrons. The summed E-state index contributed by atoms with van der Waals surface area (Å²) >= 11 is 12.4. The van der Waals surface area contributed by atoms with Crippen molar-refractivity contribution in [2.75, 3.05) is 0 Å². The lowest BCUT2D eigenvalue weighted by Gasteiger charge is -2.29. The first-order chi connectivity index (χ1) is 11.7. The van der Waals surface area contributed by atoms with Gasteiger partial charge in [0.2, 0.25) is 0 Å². The molecule has 1 fully saturated rings. The maximum Gasteiger partial charge on any atom is 0.272 e. The molecule has 2 aliphatic carbocycles. The molecule has 1 aromatic heterocycles. The number of halogens is 2. The Bertz CT molecular complexity index is 868. The SMILES string of the molecule is CC(C)(C)NC(=O)c1n[nH]c2c1C1(c3ccc(Cl)c(Cl)c3)CCC2C1. The number of benzene rings is 1. The Kier molecular flexibility index (Phi) is 3.71. The summed E-state index contributed by atoms with van der Waals surface area (Å²) in [6.45, 7) is 5.91. The topological polar surface area (TPSA) is 57.8 Å². The average molecular weight is 378 g/mol. The predicted molar refractivity (Wildman–Crippen MR) is 99.6 cm³/mol. The number of nitrogens with zero attached hydrogens (tertiary/aromatic N) is 1. The summed E-state index contributed by atoms with van der Waals surface area (Å²) in [7, 11) is 0. The van der Waals surface area contributed by atoms with E-state index in [1.165, 1.54) is 0 Å². The molecule has 2 N–H and O–H groups in total. The zero-order valence-corrected chi connectivity index (χ0v) is 16.1. The lowest BCUT2D eigenvalue weighted by molar-refractivity contribution is 0.0912. The van der Waals surface area contributed by atoms with Crippen molar-refractivity contribution in [1.29, 1.82) is 0 Å². The van der Waals surface area contributed by atoms with E-state index < -0.39 is 0 Å². The third kappa shape index (κ3) is 2.58. The van der Waals surface area contributed by atoms with Crippen molar-refractivity contribution in [3.05, 3.63) is 50.8 Å². The number of fused-ring (bicyclic) bond motifs is 5. The van der Waals surface area contributed by atoms with E-state index in [0.717, 1.165) is 36.1 Å². The van der Waals surface area contributed by atoms with Crippen molar-refractivity contribution in [2.24, 2.45) is 0 Å². The van der Waals surface area contributed by atoms with Crippen LogP contribution in [-0.4, -0.2) is 21.6 Å². The van der Waals surface area contributed by atoms with E-state index in [1.807, 2.05) is 39.0 Å². The summed E-state index contributed by atoms with van der Waals surface area (Å²) in [5.74, 6) is 0.296. The van der Waals surface area contributed by atoms with Crippen molar-refractivity contribution in [3.63, 3.8) is 0 Å². The van der Waals surface area contributed by atoms with Gasteiger partial charge in [-0.2, -0.15) is 5.10 Å². The molecule has 25 heavy (non-hydrogen) atoms. The number of rotatable bonds is 2. The van der Waals surface area contributed by atoms with Crippen LogP contribution in [0.3, 0.4) is 0 Å². The van der Waals surface area contributed by atoms with Gasteiger partial charge in [-0.3, -0.25) is 9.89 Å². The van der Waals surface area contributed by atoms with Crippen LogP contribution in [0.1, 0.15) is 73.3 Å². The maximum atomic E-state index is 12.8. The molecule has 2 unspecified atom stereocenters. The molecule has 0 spiro atoms. The van der Waals surface area contributed by atoms with E-state index >= 15 is 0 Å². The number of hydrogen-bond donors (Lipinski definition) is 2. The molecule has 2 aliphatic rings. The van der Waals surface area contributed by atoms with Crippen LogP contribution in [0, 0.1) is 0 Å². The van der Waals surface area contributed by atoms with Crippen molar-refractivity contribution >= 4 is 29.1 Å². The van der Waals surface area contributed by atoms with Gasteiger partial charge in [-0.25, -0.2) is 0 Å². The molecule has 0 saturated heterocycles. The molecular weight excluding hydrogens is 357 g/mol. The second-order valence-electron chi connectivity index (χ2n) is 8.22. The van der Waals surface area contributed by atoms with Gasteiger partial charge in [-0.05, 0) is 57.7 Å². The Morgan fingerprint density at radius 1 is 1.32 bits per heavy atom. The van der Waals surface area contributed by atoms with Gasteiger partial charge < -0.3 is 5.32 Å². The number of aromatic amines is 1. The van der Waals surface area contributed by atoms with Gasteiger partial charge in [-0.15, -0.1) is 0 Å². The second-order valence-corrected chi connectivity index (χ2v) is 9.03. The normalized spacial score (nSPS) is 24.4. The molecule has 2 atom stereocenters. The molecule has 6 heteroatoms. The largest absolute Gasteiger partial charge is 0.346 e. The van der Waals surface area contributed by atoms with E-state index in [0.29, 0.717) is 21.7 Å². The van der Waals surface area contributed by atoms with Crippen molar-refractivity contribution in [2.45, 2.75) is 56.9 Å². The molecule has 1 aromatic carbocycles. The van der Waals surface area contributed by atoms with E-state index in [-0.39, 0.29) is 16.9 Å². The minimum Gasteiger partial charge on any atom is -0.346 e. The average Bonchev–Trinajstić information content (AvgIpc) is 3.18. The highest BCUT2D eigenvalue weighted by molar-refractivity contribution is 6.42. The van der Waals surface area contributed by atoms with Crippen LogP contribution in [0.2, 0.25) is 10.0 Å². The fourth-order valence-corrected chi connectivity index (χ4v) is 4.72. The van der Waals surface area contributed by atoms with E-state index in [1.54, 1.807) is 0 Å². The lowest BCUT2D eigenvalue weighted by atomic mass is 9.74. The Morgan fingerprint density at radius 3 is 2.76 bits per heavy atom. The summed E-state index contributed by atoms with van der Waals surface area (Å²) in [5, 5.41) is 11.6. The molecule has 1 saturated carbocycles. The minimum atomic E-state index is -0.308. The number of hydrogen-bond acceptors (Lipinski definition) is 2. The number of carbonyl (C=O) groups is 1. The summed E-state index contributed by atoms with van der Waals surface area (Å²) in [4.78, 5) is 12.8. The molecule has 2 aromatic rings. The quantitative estimate of drug-likeness (QED) is 0.788. The summed E-state index contributed by atoms with van der Waals surface area (Å²) in [6.07, 6.45) is 3.08. The van der Waals surface area contributed by atoms with Crippen LogP contribution in [0.25, 0.3) is 0 Å². The van der Waals surface area contributed by atoms with Gasteiger partial charge in [0, 0.05) is 28.1 Å². The zero-order chi connectivity index (χ0) is 18.0. The van der Waals surface area contributed by atoms with Crippen molar-refractivity contribution < 1.29 is 4.79 Å². The highest BCUT2D eigenvalue weighted by Gasteiger charge is 2.54. The molecule has 1 amide bonds. The molecule has 4 rings (SSSR count). The molecule has 4 nitrogen and oxygen atoms in total. The maximum absolute atomic E-state index is 12.8. The smallest absolute Gasteiger partial charge is 0.272 e. The first kappa shape index (κ1) is 16.9. The second kappa shape index (κ2) is 5.49. The monoisotopic (exact) mass is 377 g/mol. The fraction of sp³-hybridized carbons (Fsp3) is 0.474. The molecule has 0 aliphatic heterocycles. The van der Waals surface area contributed by atoms with Gasteiger partial charge in [0.15, 0.2) is 5.69 Å². The van der Waals surface area contributed by atoms with Crippen LogP contribution in [0.15, 0.2) is 18.2 Å².